The monoisotopic (exact) mass is 436 g/mol. The SMILES string of the molecule is Cc1c(Cl)ccc2cn(CC(C)(C#N)NC(=O)c3ccc(OC(F)(F)F)cc3)nc12. The minimum Gasteiger partial charge on any atom is -0.406 e. The van der Waals surface area contributed by atoms with Gasteiger partial charge in [0.15, 0.2) is 0 Å². The van der Waals surface area contributed by atoms with Gasteiger partial charge in [0, 0.05) is 22.2 Å². The molecule has 1 atom stereocenters. The van der Waals surface area contributed by atoms with Crippen molar-refractivity contribution < 1.29 is 22.7 Å². The highest BCUT2D eigenvalue weighted by molar-refractivity contribution is 6.32. The Kier molecular flexibility index (Phi) is 5.63. The Morgan fingerprint density at radius 2 is 1.93 bits per heavy atom. The lowest BCUT2D eigenvalue weighted by molar-refractivity contribution is -0.274. The number of carbonyl (C=O) groups is 1. The minimum atomic E-state index is -4.82. The first-order valence-electron chi connectivity index (χ1n) is 8.71. The second-order valence-corrected chi connectivity index (χ2v) is 7.31. The Hall–Kier alpha value is -3.25. The van der Waals surface area contributed by atoms with Crippen LogP contribution < -0.4 is 10.1 Å². The highest BCUT2D eigenvalue weighted by Crippen LogP contribution is 2.25. The molecule has 0 radical (unpaired) electrons. The topological polar surface area (TPSA) is 79.9 Å². The van der Waals surface area contributed by atoms with E-state index >= 15 is 0 Å². The molecule has 1 amide bonds. The number of nitrogens with one attached hydrogen (secondary N) is 1. The summed E-state index contributed by atoms with van der Waals surface area (Å²) in [4.78, 5) is 12.5. The molecule has 0 aliphatic heterocycles. The van der Waals surface area contributed by atoms with E-state index in [1.807, 2.05) is 13.0 Å². The number of fused-ring (bicyclic) bond motifs is 1. The van der Waals surface area contributed by atoms with Crippen molar-refractivity contribution in [1.82, 2.24) is 15.1 Å². The third-order valence-corrected chi connectivity index (χ3v) is 4.79. The van der Waals surface area contributed by atoms with Crippen LogP contribution in [0.2, 0.25) is 5.02 Å². The van der Waals surface area contributed by atoms with Crippen LogP contribution in [0.15, 0.2) is 42.6 Å². The van der Waals surface area contributed by atoms with Crippen molar-refractivity contribution in [3.05, 3.63) is 58.7 Å². The molecular weight excluding hydrogens is 421 g/mol. The van der Waals surface area contributed by atoms with Gasteiger partial charge in [0.05, 0.1) is 18.1 Å². The van der Waals surface area contributed by atoms with Gasteiger partial charge in [-0.3, -0.25) is 9.48 Å². The van der Waals surface area contributed by atoms with E-state index in [0.717, 1.165) is 23.1 Å². The molecule has 1 unspecified atom stereocenters. The lowest BCUT2D eigenvalue weighted by Crippen LogP contribution is -2.48. The van der Waals surface area contributed by atoms with E-state index in [-0.39, 0.29) is 12.1 Å². The highest BCUT2D eigenvalue weighted by Gasteiger charge is 2.31. The average Bonchev–Trinajstić information content (AvgIpc) is 3.07. The van der Waals surface area contributed by atoms with Gasteiger partial charge in [-0.25, -0.2) is 0 Å². The molecule has 3 rings (SSSR count). The van der Waals surface area contributed by atoms with E-state index in [1.165, 1.54) is 23.7 Å². The zero-order valence-electron chi connectivity index (χ0n) is 15.9. The molecule has 6 nitrogen and oxygen atoms in total. The third kappa shape index (κ3) is 4.83. The quantitative estimate of drug-likeness (QED) is 0.633. The van der Waals surface area contributed by atoms with E-state index in [0.29, 0.717) is 10.5 Å². The van der Waals surface area contributed by atoms with Gasteiger partial charge in [-0.2, -0.15) is 10.4 Å². The van der Waals surface area contributed by atoms with Gasteiger partial charge in [0.2, 0.25) is 0 Å². The number of amides is 1. The molecule has 0 saturated carbocycles. The molecule has 0 aliphatic rings. The van der Waals surface area contributed by atoms with Crippen LogP contribution in [0.1, 0.15) is 22.8 Å². The number of ether oxygens (including phenoxy) is 1. The van der Waals surface area contributed by atoms with Gasteiger partial charge >= 0.3 is 6.36 Å². The predicted molar refractivity (Wildman–Crippen MR) is 104 cm³/mol. The Bertz CT molecular complexity index is 1140. The number of aromatic nitrogens is 2. The molecule has 0 bridgehead atoms. The number of nitrogens with zero attached hydrogens (tertiary/aromatic N) is 3. The maximum absolute atomic E-state index is 12.5. The summed E-state index contributed by atoms with van der Waals surface area (Å²) < 4.78 is 42.1. The Morgan fingerprint density at radius 1 is 1.27 bits per heavy atom. The van der Waals surface area contributed by atoms with Crippen molar-refractivity contribution >= 4 is 28.4 Å². The van der Waals surface area contributed by atoms with Crippen LogP contribution in [0.3, 0.4) is 0 Å². The number of hydrogen-bond donors (Lipinski definition) is 1. The van der Waals surface area contributed by atoms with Crippen molar-refractivity contribution in [1.29, 1.82) is 5.26 Å². The van der Waals surface area contributed by atoms with Crippen LogP contribution in [-0.2, 0) is 6.54 Å². The molecule has 1 heterocycles. The molecular formula is C20H16ClF3N4O2. The highest BCUT2D eigenvalue weighted by atomic mass is 35.5. The normalized spacial score (nSPS) is 13.5. The molecule has 0 spiro atoms. The van der Waals surface area contributed by atoms with E-state index in [1.54, 1.807) is 18.3 Å². The maximum Gasteiger partial charge on any atom is 0.573 e. The molecule has 10 heteroatoms. The van der Waals surface area contributed by atoms with Crippen molar-refractivity contribution in [3.63, 3.8) is 0 Å². The predicted octanol–water partition coefficient (Wildman–Crippen LogP) is 4.61. The summed E-state index contributed by atoms with van der Waals surface area (Å²) in [6.45, 7) is 3.41. The molecule has 1 aromatic heterocycles. The van der Waals surface area contributed by atoms with Gasteiger partial charge in [0.1, 0.15) is 11.3 Å². The van der Waals surface area contributed by atoms with Crippen LogP contribution >= 0.6 is 11.6 Å². The number of rotatable bonds is 5. The molecule has 156 valence electrons. The molecule has 1 N–H and O–H groups in total. The van der Waals surface area contributed by atoms with Gasteiger partial charge in [0.25, 0.3) is 5.91 Å². The van der Waals surface area contributed by atoms with Crippen LogP contribution in [0.25, 0.3) is 10.9 Å². The van der Waals surface area contributed by atoms with Gasteiger partial charge < -0.3 is 10.1 Å². The van der Waals surface area contributed by atoms with Crippen LogP contribution in [-0.4, -0.2) is 27.6 Å². The van der Waals surface area contributed by atoms with E-state index in [4.69, 9.17) is 11.6 Å². The summed E-state index contributed by atoms with van der Waals surface area (Å²) in [7, 11) is 0. The fourth-order valence-electron chi connectivity index (χ4n) is 2.89. The Labute approximate surface area is 174 Å². The standard InChI is InChI=1S/C20H16ClF3N4O2/c1-12-16(21)8-5-14-9-28(27-17(12)14)11-19(2,10-25)26-18(29)13-3-6-15(7-4-13)30-20(22,23)24/h3-9H,11H2,1-2H3,(H,26,29). The van der Waals surface area contributed by atoms with E-state index in [9.17, 15) is 23.2 Å². The number of benzene rings is 2. The fraction of sp³-hybridized carbons (Fsp3) is 0.250. The summed E-state index contributed by atoms with van der Waals surface area (Å²) >= 11 is 6.11. The van der Waals surface area contributed by atoms with Gasteiger partial charge in [-0.1, -0.05) is 11.6 Å². The number of alkyl halides is 3. The molecule has 3 aromatic rings. The zero-order valence-corrected chi connectivity index (χ0v) is 16.7. The molecule has 30 heavy (non-hydrogen) atoms. The third-order valence-electron chi connectivity index (χ3n) is 4.38. The van der Waals surface area contributed by atoms with E-state index < -0.39 is 23.6 Å². The summed E-state index contributed by atoms with van der Waals surface area (Å²) in [6.07, 6.45) is -3.08. The first-order valence-corrected chi connectivity index (χ1v) is 9.09. The molecule has 2 aromatic carbocycles. The number of carbonyl (C=O) groups excluding carboxylic acids is 1. The Balaban J connectivity index is 1.76. The van der Waals surface area contributed by atoms with Crippen molar-refractivity contribution in [2.45, 2.75) is 32.3 Å². The lowest BCUT2D eigenvalue weighted by atomic mass is 10.0. The number of nitriles is 1. The van der Waals surface area contributed by atoms with Crippen molar-refractivity contribution in [2.24, 2.45) is 0 Å². The Morgan fingerprint density at radius 3 is 2.53 bits per heavy atom. The summed E-state index contributed by atoms with van der Waals surface area (Å²) in [5, 5.41) is 18.1. The van der Waals surface area contributed by atoms with Crippen molar-refractivity contribution in [2.75, 3.05) is 0 Å². The van der Waals surface area contributed by atoms with Gasteiger partial charge in [-0.15, -0.1) is 13.2 Å². The largest absolute Gasteiger partial charge is 0.573 e. The minimum absolute atomic E-state index is 0.0518. The van der Waals surface area contributed by atoms with Crippen molar-refractivity contribution in [3.8, 4) is 11.8 Å². The summed E-state index contributed by atoms with van der Waals surface area (Å²) in [5.41, 5.74) is 0.253. The first kappa shape index (κ1) is 21.5. The average molecular weight is 437 g/mol. The second kappa shape index (κ2) is 7.88. The van der Waals surface area contributed by atoms with Crippen LogP contribution in [0, 0.1) is 18.3 Å². The molecule has 0 fully saturated rings. The van der Waals surface area contributed by atoms with E-state index in [2.05, 4.69) is 15.2 Å². The molecule has 0 aliphatic carbocycles. The molecule has 0 saturated heterocycles. The first-order chi connectivity index (χ1) is 14.0. The fourth-order valence-corrected chi connectivity index (χ4v) is 3.04. The zero-order chi connectivity index (χ0) is 22.1. The van der Waals surface area contributed by atoms with Crippen LogP contribution in [0.5, 0.6) is 5.75 Å². The lowest BCUT2D eigenvalue weighted by Gasteiger charge is -2.23. The summed E-state index contributed by atoms with van der Waals surface area (Å²) in [5.74, 6) is -1.06. The number of halogens is 4. The smallest absolute Gasteiger partial charge is 0.406 e. The second-order valence-electron chi connectivity index (χ2n) is 6.91. The number of hydrogen-bond acceptors (Lipinski definition) is 4. The van der Waals surface area contributed by atoms with Crippen LogP contribution in [0.4, 0.5) is 13.2 Å². The maximum atomic E-state index is 12.5. The number of aryl methyl sites for hydroxylation is 1. The summed E-state index contributed by atoms with van der Waals surface area (Å²) in [6, 6.07) is 10.0. The van der Waals surface area contributed by atoms with Gasteiger partial charge in [-0.05, 0) is 55.8 Å².